The van der Waals surface area contributed by atoms with Gasteiger partial charge in [0.2, 0.25) is 0 Å². The quantitative estimate of drug-likeness (QED) is 0.623. The Bertz CT molecular complexity index is 363. The van der Waals surface area contributed by atoms with E-state index in [0.29, 0.717) is 6.61 Å². The average molecular weight is 280 g/mol. The number of ether oxygens (including phenoxy) is 2. The molecule has 0 saturated carbocycles. The summed E-state index contributed by atoms with van der Waals surface area (Å²) < 4.78 is 10.6. The second kappa shape index (κ2) is 10.6. The molecule has 0 aliphatic heterocycles. The summed E-state index contributed by atoms with van der Waals surface area (Å²) in [4.78, 5) is 0. The van der Waals surface area contributed by atoms with E-state index < -0.39 is 0 Å². The van der Waals surface area contributed by atoms with Gasteiger partial charge in [0.05, 0.1) is 14.2 Å². The minimum absolute atomic E-state index is 0.333. The molecule has 0 spiro atoms. The van der Waals surface area contributed by atoms with Gasteiger partial charge in [-0.1, -0.05) is 38.2 Å². The summed E-state index contributed by atoms with van der Waals surface area (Å²) in [5.74, 6) is 1.61. The van der Waals surface area contributed by atoms with Crippen LogP contribution in [0.15, 0.2) is 18.2 Å². The van der Waals surface area contributed by atoms with Crippen LogP contribution in [0.4, 0.5) is 0 Å². The van der Waals surface area contributed by atoms with Crippen LogP contribution in [0.5, 0.6) is 11.5 Å². The van der Waals surface area contributed by atoms with Crippen molar-refractivity contribution >= 4 is 0 Å². The molecular weight excluding hydrogens is 252 g/mol. The summed E-state index contributed by atoms with van der Waals surface area (Å²) in [7, 11) is 3.34. The fourth-order valence-electron chi connectivity index (χ4n) is 2.36. The Balaban J connectivity index is 2.18. The molecule has 0 aromatic heterocycles. The largest absolute Gasteiger partial charge is 0.493 e. The van der Waals surface area contributed by atoms with Gasteiger partial charge in [-0.2, -0.15) is 0 Å². The number of aliphatic hydroxyl groups is 1. The van der Waals surface area contributed by atoms with Gasteiger partial charge in [-0.3, -0.25) is 0 Å². The lowest BCUT2D eigenvalue weighted by Gasteiger charge is -2.09. The third kappa shape index (κ3) is 6.29. The molecule has 3 heteroatoms. The van der Waals surface area contributed by atoms with E-state index >= 15 is 0 Å². The Morgan fingerprint density at radius 2 is 1.40 bits per heavy atom. The van der Waals surface area contributed by atoms with Crippen LogP contribution in [-0.4, -0.2) is 25.9 Å². The summed E-state index contributed by atoms with van der Waals surface area (Å²) in [5.41, 5.74) is 1.31. The average Bonchev–Trinajstić information content (AvgIpc) is 2.49. The Labute approximate surface area is 122 Å². The molecule has 114 valence electrons. The zero-order valence-corrected chi connectivity index (χ0v) is 12.9. The van der Waals surface area contributed by atoms with E-state index in [9.17, 15) is 0 Å². The zero-order chi connectivity index (χ0) is 14.6. The molecule has 0 unspecified atom stereocenters. The molecule has 0 atom stereocenters. The van der Waals surface area contributed by atoms with E-state index in [-0.39, 0.29) is 0 Å². The predicted molar refractivity (Wildman–Crippen MR) is 82.7 cm³/mol. The Hall–Kier alpha value is -1.22. The van der Waals surface area contributed by atoms with E-state index in [2.05, 4.69) is 12.1 Å². The minimum Gasteiger partial charge on any atom is -0.493 e. The zero-order valence-electron chi connectivity index (χ0n) is 12.9. The number of benzene rings is 1. The van der Waals surface area contributed by atoms with Crippen molar-refractivity contribution in [3.63, 3.8) is 0 Å². The van der Waals surface area contributed by atoms with Crippen molar-refractivity contribution in [1.29, 1.82) is 0 Å². The smallest absolute Gasteiger partial charge is 0.160 e. The van der Waals surface area contributed by atoms with Crippen molar-refractivity contribution in [3.05, 3.63) is 23.8 Å². The highest BCUT2D eigenvalue weighted by molar-refractivity contribution is 5.42. The molecule has 20 heavy (non-hydrogen) atoms. The van der Waals surface area contributed by atoms with E-state index in [4.69, 9.17) is 14.6 Å². The molecule has 0 amide bonds. The van der Waals surface area contributed by atoms with Crippen molar-refractivity contribution in [2.45, 2.75) is 51.4 Å². The minimum atomic E-state index is 0.333. The number of hydrogen-bond acceptors (Lipinski definition) is 3. The highest BCUT2D eigenvalue weighted by Crippen LogP contribution is 2.28. The Morgan fingerprint density at radius 3 is 2.00 bits per heavy atom. The summed E-state index contributed by atoms with van der Waals surface area (Å²) in [6.45, 7) is 0.333. The molecule has 0 fully saturated rings. The topological polar surface area (TPSA) is 38.7 Å². The first-order chi connectivity index (χ1) is 9.81. The molecular formula is C17H28O3. The maximum Gasteiger partial charge on any atom is 0.160 e. The van der Waals surface area contributed by atoms with Crippen molar-refractivity contribution in [2.24, 2.45) is 0 Å². The van der Waals surface area contributed by atoms with E-state index in [1.54, 1.807) is 14.2 Å². The molecule has 0 aliphatic carbocycles. The van der Waals surface area contributed by atoms with Gasteiger partial charge in [0, 0.05) is 6.61 Å². The lowest BCUT2D eigenvalue weighted by Crippen LogP contribution is -1.93. The predicted octanol–water partition coefficient (Wildman–Crippen LogP) is 3.97. The van der Waals surface area contributed by atoms with Crippen LogP contribution in [0, 0.1) is 0 Å². The van der Waals surface area contributed by atoms with Gasteiger partial charge in [0.25, 0.3) is 0 Å². The third-order valence-electron chi connectivity index (χ3n) is 3.57. The maximum absolute atomic E-state index is 8.69. The fourth-order valence-corrected chi connectivity index (χ4v) is 2.36. The molecule has 1 aromatic rings. The van der Waals surface area contributed by atoms with Gasteiger partial charge in [0.15, 0.2) is 11.5 Å². The Morgan fingerprint density at radius 1 is 0.800 bits per heavy atom. The maximum atomic E-state index is 8.69. The van der Waals surface area contributed by atoms with Crippen LogP contribution in [-0.2, 0) is 6.42 Å². The van der Waals surface area contributed by atoms with Crippen LogP contribution in [0.25, 0.3) is 0 Å². The summed E-state index contributed by atoms with van der Waals surface area (Å²) in [6.07, 6.45) is 9.51. The SMILES string of the molecule is COc1ccc(CCCCCCCCCO)cc1OC. The van der Waals surface area contributed by atoms with E-state index in [1.165, 1.54) is 37.7 Å². The normalized spacial score (nSPS) is 10.6. The molecule has 1 N–H and O–H groups in total. The van der Waals surface area contributed by atoms with E-state index in [1.807, 2.05) is 6.07 Å². The first-order valence-electron chi connectivity index (χ1n) is 7.63. The molecule has 0 heterocycles. The van der Waals surface area contributed by atoms with E-state index in [0.717, 1.165) is 30.8 Å². The van der Waals surface area contributed by atoms with Gasteiger partial charge in [-0.15, -0.1) is 0 Å². The summed E-state index contributed by atoms with van der Waals surface area (Å²) in [6, 6.07) is 6.16. The van der Waals surface area contributed by atoms with Crippen molar-refractivity contribution in [1.82, 2.24) is 0 Å². The molecule has 0 radical (unpaired) electrons. The number of aryl methyl sites for hydroxylation is 1. The highest BCUT2D eigenvalue weighted by atomic mass is 16.5. The van der Waals surface area contributed by atoms with Gasteiger partial charge < -0.3 is 14.6 Å². The second-order valence-corrected chi connectivity index (χ2v) is 5.14. The fraction of sp³-hybridized carbons (Fsp3) is 0.647. The standard InChI is InChI=1S/C17H28O3/c1-19-16-12-11-15(14-17(16)20-2)10-8-6-4-3-5-7-9-13-18/h11-12,14,18H,3-10,13H2,1-2H3. The number of unbranched alkanes of at least 4 members (excludes halogenated alkanes) is 6. The van der Waals surface area contributed by atoms with Crippen LogP contribution in [0.1, 0.15) is 50.5 Å². The number of methoxy groups -OCH3 is 2. The molecule has 0 bridgehead atoms. The Kier molecular flexibility index (Phi) is 8.88. The molecule has 1 rings (SSSR count). The van der Waals surface area contributed by atoms with Gasteiger partial charge >= 0.3 is 0 Å². The first-order valence-corrected chi connectivity index (χ1v) is 7.63. The number of hydrogen-bond donors (Lipinski definition) is 1. The van der Waals surface area contributed by atoms with Gasteiger partial charge in [0.1, 0.15) is 0 Å². The van der Waals surface area contributed by atoms with Crippen LogP contribution >= 0.6 is 0 Å². The third-order valence-corrected chi connectivity index (χ3v) is 3.57. The van der Waals surface area contributed by atoms with Crippen molar-refractivity contribution < 1.29 is 14.6 Å². The molecule has 0 saturated heterocycles. The van der Waals surface area contributed by atoms with Crippen LogP contribution in [0.2, 0.25) is 0 Å². The number of aliphatic hydroxyl groups excluding tert-OH is 1. The summed E-state index contributed by atoms with van der Waals surface area (Å²) in [5, 5.41) is 8.69. The molecule has 3 nitrogen and oxygen atoms in total. The number of rotatable bonds is 11. The molecule has 1 aromatic carbocycles. The lowest BCUT2D eigenvalue weighted by molar-refractivity contribution is 0.282. The summed E-state index contributed by atoms with van der Waals surface area (Å²) >= 11 is 0. The first kappa shape index (κ1) is 16.8. The monoisotopic (exact) mass is 280 g/mol. The van der Waals surface area contributed by atoms with Crippen LogP contribution in [0.3, 0.4) is 0 Å². The highest BCUT2D eigenvalue weighted by Gasteiger charge is 2.04. The van der Waals surface area contributed by atoms with Gasteiger partial charge in [-0.05, 0) is 37.0 Å². The lowest BCUT2D eigenvalue weighted by atomic mass is 10.0. The van der Waals surface area contributed by atoms with Crippen molar-refractivity contribution in [3.8, 4) is 11.5 Å². The molecule has 0 aliphatic rings. The van der Waals surface area contributed by atoms with Crippen LogP contribution < -0.4 is 9.47 Å². The van der Waals surface area contributed by atoms with Crippen molar-refractivity contribution in [2.75, 3.05) is 20.8 Å². The second-order valence-electron chi connectivity index (χ2n) is 5.14. The van der Waals surface area contributed by atoms with Gasteiger partial charge in [-0.25, -0.2) is 0 Å².